The van der Waals surface area contributed by atoms with Crippen LogP contribution in [0, 0.1) is 5.41 Å². The Morgan fingerprint density at radius 2 is 2.19 bits per heavy atom. The minimum atomic E-state index is -0.996. The molecule has 1 aromatic rings. The van der Waals surface area contributed by atoms with E-state index in [4.69, 9.17) is 10.8 Å². The van der Waals surface area contributed by atoms with Crippen LogP contribution in [0.25, 0.3) is 6.08 Å². The Labute approximate surface area is 131 Å². The number of carbonyl (C=O) groups excluding carboxylic acids is 1. The molecule has 1 aromatic carbocycles. The summed E-state index contributed by atoms with van der Waals surface area (Å²) < 4.78 is 0.869. The highest BCUT2D eigenvalue weighted by atomic mass is 79.9. The van der Waals surface area contributed by atoms with E-state index in [0.29, 0.717) is 13.0 Å². The van der Waals surface area contributed by atoms with E-state index in [-0.39, 0.29) is 5.91 Å². The minimum absolute atomic E-state index is 0.301. The number of anilines is 1. The molecule has 1 aliphatic heterocycles. The maximum atomic E-state index is 11.6. The summed E-state index contributed by atoms with van der Waals surface area (Å²) in [5.74, 6) is -1.30. The maximum absolute atomic E-state index is 11.6. The number of hydrogen-bond donors (Lipinski definition) is 2. The van der Waals surface area contributed by atoms with Crippen molar-refractivity contribution in [3.8, 4) is 0 Å². The number of nitrogens with two attached hydrogens (primary N) is 1. The van der Waals surface area contributed by atoms with Crippen molar-refractivity contribution in [2.75, 3.05) is 18.0 Å². The van der Waals surface area contributed by atoms with Crippen LogP contribution in [0.15, 0.2) is 28.7 Å². The molecule has 2 rings (SSSR count). The first kappa shape index (κ1) is 15.6. The molecule has 1 unspecified atom stereocenters. The van der Waals surface area contributed by atoms with Gasteiger partial charge < -0.3 is 15.7 Å². The number of carbonyl (C=O) groups is 2. The molecule has 0 saturated carbocycles. The summed E-state index contributed by atoms with van der Waals surface area (Å²) in [7, 11) is 0. The fourth-order valence-electron chi connectivity index (χ4n) is 2.48. The van der Waals surface area contributed by atoms with E-state index >= 15 is 0 Å². The molecule has 1 heterocycles. The van der Waals surface area contributed by atoms with E-state index in [0.717, 1.165) is 28.3 Å². The van der Waals surface area contributed by atoms with Crippen molar-refractivity contribution in [3.05, 3.63) is 34.3 Å². The zero-order valence-corrected chi connectivity index (χ0v) is 13.3. The lowest BCUT2D eigenvalue weighted by atomic mass is 9.89. The SMILES string of the molecule is CC1(C(N)=O)CCN(c2ccc(Br)cc2/C=C/C(=O)O)C1. The number of aliphatic carboxylic acids is 1. The molecule has 0 radical (unpaired) electrons. The molecule has 0 aliphatic carbocycles. The van der Waals surface area contributed by atoms with Gasteiger partial charge in [0.15, 0.2) is 0 Å². The van der Waals surface area contributed by atoms with Crippen LogP contribution in [0.5, 0.6) is 0 Å². The van der Waals surface area contributed by atoms with Crippen LogP contribution in [-0.4, -0.2) is 30.1 Å². The van der Waals surface area contributed by atoms with Crippen molar-refractivity contribution >= 4 is 39.6 Å². The molecule has 1 amide bonds. The summed E-state index contributed by atoms with van der Waals surface area (Å²) in [6, 6.07) is 5.67. The molecule has 1 aliphatic rings. The van der Waals surface area contributed by atoms with Crippen molar-refractivity contribution in [1.82, 2.24) is 0 Å². The third-order valence-corrected chi connectivity index (χ3v) is 4.30. The molecule has 112 valence electrons. The second-order valence-corrected chi connectivity index (χ2v) is 6.39. The predicted molar refractivity (Wildman–Crippen MR) is 84.9 cm³/mol. The van der Waals surface area contributed by atoms with Gasteiger partial charge in [-0.1, -0.05) is 15.9 Å². The number of amides is 1. The summed E-state index contributed by atoms with van der Waals surface area (Å²) in [4.78, 5) is 24.3. The molecule has 1 saturated heterocycles. The Balaban J connectivity index is 2.32. The number of hydrogen-bond acceptors (Lipinski definition) is 3. The van der Waals surface area contributed by atoms with Crippen molar-refractivity contribution in [2.24, 2.45) is 11.1 Å². The average molecular weight is 353 g/mol. The van der Waals surface area contributed by atoms with Crippen LogP contribution in [0.1, 0.15) is 18.9 Å². The van der Waals surface area contributed by atoms with E-state index in [1.165, 1.54) is 0 Å². The van der Waals surface area contributed by atoms with Crippen molar-refractivity contribution in [3.63, 3.8) is 0 Å². The van der Waals surface area contributed by atoms with Gasteiger partial charge in [0.25, 0.3) is 0 Å². The van der Waals surface area contributed by atoms with Crippen LogP contribution in [0.3, 0.4) is 0 Å². The molecule has 6 heteroatoms. The van der Waals surface area contributed by atoms with Gasteiger partial charge in [-0.25, -0.2) is 4.79 Å². The molecule has 1 fully saturated rings. The van der Waals surface area contributed by atoms with Gasteiger partial charge >= 0.3 is 5.97 Å². The topological polar surface area (TPSA) is 83.6 Å². The average Bonchev–Trinajstić information content (AvgIpc) is 2.80. The van der Waals surface area contributed by atoms with E-state index < -0.39 is 11.4 Å². The number of carboxylic acid groups (broad SMARTS) is 1. The zero-order chi connectivity index (χ0) is 15.6. The maximum Gasteiger partial charge on any atom is 0.328 e. The Kier molecular flexibility index (Phi) is 4.37. The van der Waals surface area contributed by atoms with Gasteiger partial charge in [-0.2, -0.15) is 0 Å². The van der Waals surface area contributed by atoms with E-state index in [1.54, 1.807) is 6.08 Å². The Morgan fingerprint density at radius 1 is 1.48 bits per heavy atom. The van der Waals surface area contributed by atoms with Gasteiger partial charge in [0.1, 0.15) is 0 Å². The lowest BCUT2D eigenvalue weighted by molar-refractivity contribution is -0.131. The molecule has 0 aromatic heterocycles. The van der Waals surface area contributed by atoms with Gasteiger partial charge in [-0.15, -0.1) is 0 Å². The second-order valence-electron chi connectivity index (χ2n) is 5.47. The van der Waals surface area contributed by atoms with E-state index in [1.807, 2.05) is 25.1 Å². The highest BCUT2D eigenvalue weighted by Crippen LogP contribution is 2.35. The smallest absolute Gasteiger partial charge is 0.328 e. The fourth-order valence-corrected chi connectivity index (χ4v) is 2.85. The number of nitrogens with zero attached hydrogens (tertiary/aromatic N) is 1. The van der Waals surface area contributed by atoms with Crippen LogP contribution in [-0.2, 0) is 9.59 Å². The number of rotatable bonds is 4. The third kappa shape index (κ3) is 3.44. The molecular weight excluding hydrogens is 336 g/mol. The molecule has 5 nitrogen and oxygen atoms in total. The van der Waals surface area contributed by atoms with Crippen molar-refractivity contribution < 1.29 is 14.7 Å². The first-order valence-electron chi connectivity index (χ1n) is 6.57. The lowest BCUT2D eigenvalue weighted by Gasteiger charge is -2.24. The van der Waals surface area contributed by atoms with E-state index in [9.17, 15) is 9.59 Å². The first-order valence-corrected chi connectivity index (χ1v) is 7.36. The standard InChI is InChI=1S/C15H17BrN2O3/c1-15(14(17)21)6-7-18(9-15)12-4-3-11(16)8-10(12)2-5-13(19)20/h2-5,8H,6-7,9H2,1H3,(H2,17,21)(H,19,20)/b5-2+. The zero-order valence-electron chi connectivity index (χ0n) is 11.7. The molecule has 1 atom stereocenters. The van der Waals surface area contributed by atoms with Gasteiger partial charge in [-0.05, 0) is 43.2 Å². The number of benzene rings is 1. The second kappa shape index (κ2) is 5.89. The summed E-state index contributed by atoms with van der Waals surface area (Å²) in [5, 5.41) is 8.78. The van der Waals surface area contributed by atoms with Gasteiger partial charge in [-0.3, -0.25) is 4.79 Å². The monoisotopic (exact) mass is 352 g/mol. The molecule has 0 bridgehead atoms. The third-order valence-electron chi connectivity index (χ3n) is 3.80. The highest BCUT2D eigenvalue weighted by molar-refractivity contribution is 9.10. The number of primary amides is 1. The van der Waals surface area contributed by atoms with Gasteiger partial charge in [0.05, 0.1) is 5.41 Å². The van der Waals surface area contributed by atoms with Crippen LogP contribution in [0.4, 0.5) is 5.69 Å². The minimum Gasteiger partial charge on any atom is -0.478 e. The van der Waals surface area contributed by atoms with Crippen LogP contribution >= 0.6 is 15.9 Å². The Morgan fingerprint density at radius 3 is 2.76 bits per heavy atom. The quantitative estimate of drug-likeness (QED) is 0.814. The molecule has 21 heavy (non-hydrogen) atoms. The fraction of sp³-hybridized carbons (Fsp3) is 0.333. The van der Waals surface area contributed by atoms with Gasteiger partial charge in [0, 0.05) is 29.3 Å². The molecule has 3 N–H and O–H groups in total. The summed E-state index contributed by atoms with van der Waals surface area (Å²) in [6.07, 6.45) is 3.36. The Bertz CT molecular complexity index is 615. The van der Waals surface area contributed by atoms with Crippen molar-refractivity contribution in [2.45, 2.75) is 13.3 Å². The summed E-state index contributed by atoms with van der Waals surface area (Å²) >= 11 is 3.38. The first-order chi connectivity index (χ1) is 9.82. The lowest BCUT2D eigenvalue weighted by Crippen LogP contribution is -2.37. The predicted octanol–water partition coefficient (Wildman–Crippen LogP) is 2.25. The molecular formula is C15H17BrN2O3. The van der Waals surface area contributed by atoms with Crippen LogP contribution < -0.4 is 10.6 Å². The summed E-state index contributed by atoms with van der Waals surface area (Å²) in [6.45, 7) is 3.12. The number of halogens is 1. The number of carboxylic acids is 1. The Hall–Kier alpha value is -1.82. The largest absolute Gasteiger partial charge is 0.478 e. The highest BCUT2D eigenvalue weighted by Gasteiger charge is 2.39. The van der Waals surface area contributed by atoms with Crippen molar-refractivity contribution in [1.29, 1.82) is 0 Å². The van der Waals surface area contributed by atoms with Crippen LogP contribution in [0.2, 0.25) is 0 Å². The summed E-state index contributed by atoms with van der Waals surface area (Å²) in [5.41, 5.74) is 6.62. The molecule has 0 spiro atoms. The van der Waals surface area contributed by atoms with E-state index in [2.05, 4.69) is 20.8 Å². The normalized spacial score (nSPS) is 21.9. The van der Waals surface area contributed by atoms with Gasteiger partial charge in [0.2, 0.25) is 5.91 Å².